The highest BCUT2D eigenvalue weighted by atomic mass is 35.5. The van der Waals surface area contributed by atoms with Gasteiger partial charge in [-0.25, -0.2) is 0 Å². The minimum Gasteiger partial charge on any atom is -0.465 e. The Kier molecular flexibility index (Phi) is 6.46. The maximum atomic E-state index is 12.5. The Hall–Kier alpha value is -1.55. The lowest BCUT2D eigenvalue weighted by molar-refractivity contribution is -0.158. The molecule has 2 atom stereocenters. The van der Waals surface area contributed by atoms with Crippen LogP contribution in [0.4, 0.5) is 0 Å². The summed E-state index contributed by atoms with van der Waals surface area (Å²) in [6.45, 7) is 4.20. The zero-order chi connectivity index (χ0) is 16.8. The fourth-order valence-corrected chi connectivity index (χ4v) is 2.99. The molecule has 1 fully saturated rings. The van der Waals surface area contributed by atoms with Crippen molar-refractivity contribution in [2.45, 2.75) is 46.0 Å². The van der Waals surface area contributed by atoms with Crippen molar-refractivity contribution in [2.24, 2.45) is 11.8 Å². The SMILES string of the molecule is CCCOC(=O)C1CCCCC1C(=O)Oc1ccc(Cl)c(C)c1. The predicted octanol–water partition coefficient (Wildman–Crippen LogP) is 4.31. The van der Waals surface area contributed by atoms with E-state index in [0.29, 0.717) is 30.2 Å². The largest absolute Gasteiger partial charge is 0.465 e. The summed E-state index contributed by atoms with van der Waals surface area (Å²) in [5, 5.41) is 0.628. The summed E-state index contributed by atoms with van der Waals surface area (Å²) in [7, 11) is 0. The van der Waals surface area contributed by atoms with Crippen molar-refractivity contribution in [3.8, 4) is 5.75 Å². The van der Waals surface area contributed by atoms with Crippen LogP contribution in [0.3, 0.4) is 0 Å². The Labute approximate surface area is 142 Å². The zero-order valence-corrected chi connectivity index (χ0v) is 14.4. The third-order valence-electron chi connectivity index (χ3n) is 4.17. The topological polar surface area (TPSA) is 52.6 Å². The Balaban J connectivity index is 2.05. The molecule has 0 spiro atoms. The van der Waals surface area contributed by atoms with E-state index in [9.17, 15) is 9.59 Å². The van der Waals surface area contributed by atoms with E-state index in [4.69, 9.17) is 21.1 Å². The van der Waals surface area contributed by atoms with Gasteiger partial charge in [-0.2, -0.15) is 0 Å². The highest BCUT2D eigenvalue weighted by Gasteiger charge is 2.38. The number of ether oxygens (including phenoxy) is 2. The normalized spacial score (nSPS) is 20.8. The monoisotopic (exact) mass is 338 g/mol. The van der Waals surface area contributed by atoms with E-state index in [1.807, 2.05) is 13.8 Å². The lowest BCUT2D eigenvalue weighted by Crippen LogP contribution is -2.36. The van der Waals surface area contributed by atoms with Crippen molar-refractivity contribution in [1.29, 1.82) is 0 Å². The van der Waals surface area contributed by atoms with Gasteiger partial charge in [-0.15, -0.1) is 0 Å². The molecule has 1 aliphatic rings. The van der Waals surface area contributed by atoms with E-state index in [2.05, 4.69) is 0 Å². The number of aryl methyl sites for hydroxylation is 1. The molecule has 2 rings (SSSR count). The van der Waals surface area contributed by atoms with Crippen LogP contribution < -0.4 is 4.74 Å². The smallest absolute Gasteiger partial charge is 0.315 e. The van der Waals surface area contributed by atoms with E-state index in [1.165, 1.54) is 0 Å². The maximum Gasteiger partial charge on any atom is 0.315 e. The quantitative estimate of drug-likeness (QED) is 0.593. The van der Waals surface area contributed by atoms with Gasteiger partial charge in [-0.3, -0.25) is 9.59 Å². The second-order valence-corrected chi connectivity index (χ2v) is 6.40. The molecule has 5 heteroatoms. The molecule has 23 heavy (non-hydrogen) atoms. The minimum atomic E-state index is -0.427. The molecule has 0 N–H and O–H groups in total. The number of esters is 2. The van der Waals surface area contributed by atoms with Gasteiger partial charge < -0.3 is 9.47 Å². The Bertz CT molecular complexity index is 570. The summed E-state index contributed by atoms with van der Waals surface area (Å²) in [4.78, 5) is 24.7. The molecule has 126 valence electrons. The lowest BCUT2D eigenvalue weighted by atomic mass is 9.79. The van der Waals surface area contributed by atoms with Crippen LogP contribution in [0.25, 0.3) is 0 Å². The minimum absolute atomic E-state index is 0.277. The number of halogens is 1. The standard InChI is InChI=1S/C18H23ClO4/c1-3-10-22-17(20)14-6-4-5-7-15(14)18(21)23-13-8-9-16(19)12(2)11-13/h8-9,11,14-15H,3-7,10H2,1-2H3. The summed E-state index contributed by atoms with van der Waals surface area (Å²) < 4.78 is 10.7. The van der Waals surface area contributed by atoms with Crippen LogP contribution in [0, 0.1) is 18.8 Å². The number of carbonyl (C=O) groups is 2. The number of benzene rings is 1. The predicted molar refractivity (Wildman–Crippen MR) is 88.5 cm³/mol. The van der Waals surface area contributed by atoms with E-state index < -0.39 is 11.8 Å². The van der Waals surface area contributed by atoms with Gasteiger partial charge >= 0.3 is 11.9 Å². The first kappa shape index (κ1) is 17.8. The molecule has 1 saturated carbocycles. The molecule has 4 nitrogen and oxygen atoms in total. The van der Waals surface area contributed by atoms with Gasteiger partial charge in [-0.05, 0) is 49.9 Å². The van der Waals surface area contributed by atoms with Gasteiger partial charge in [0, 0.05) is 5.02 Å². The van der Waals surface area contributed by atoms with Crippen LogP contribution in [-0.4, -0.2) is 18.5 Å². The fourth-order valence-electron chi connectivity index (χ4n) is 2.88. The fraction of sp³-hybridized carbons (Fsp3) is 0.556. The summed E-state index contributed by atoms with van der Waals surface area (Å²) >= 11 is 5.98. The molecule has 1 aliphatic carbocycles. The van der Waals surface area contributed by atoms with Gasteiger partial charge in [0.05, 0.1) is 18.4 Å². The first-order valence-corrected chi connectivity index (χ1v) is 8.55. The molecule has 0 bridgehead atoms. The molecule has 0 heterocycles. The maximum absolute atomic E-state index is 12.5. The summed E-state index contributed by atoms with van der Waals surface area (Å²) in [5.41, 5.74) is 0.847. The van der Waals surface area contributed by atoms with Gasteiger partial charge in [0.2, 0.25) is 0 Å². The van der Waals surface area contributed by atoms with Crippen molar-refractivity contribution in [3.63, 3.8) is 0 Å². The molecule has 1 aromatic rings. The van der Waals surface area contributed by atoms with Gasteiger partial charge in [0.1, 0.15) is 5.75 Å². The van der Waals surface area contributed by atoms with Crippen molar-refractivity contribution in [3.05, 3.63) is 28.8 Å². The first-order valence-electron chi connectivity index (χ1n) is 8.17. The van der Waals surface area contributed by atoms with Crippen molar-refractivity contribution >= 4 is 23.5 Å². The number of hydrogen-bond donors (Lipinski definition) is 0. The Morgan fingerprint density at radius 2 is 1.83 bits per heavy atom. The van der Waals surface area contributed by atoms with E-state index in [-0.39, 0.29) is 11.9 Å². The molecular weight excluding hydrogens is 316 g/mol. The number of hydrogen-bond acceptors (Lipinski definition) is 4. The molecule has 0 aromatic heterocycles. The van der Waals surface area contributed by atoms with Crippen LogP contribution in [0.15, 0.2) is 18.2 Å². The average molecular weight is 339 g/mol. The zero-order valence-electron chi connectivity index (χ0n) is 13.6. The molecule has 0 radical (unpaired) electrons. The third-order valence-corrected chi connectivity index (χ3v) is 4.59. The van der Waals surface area contributed by atoms with E-state index in [1.54, 1.807) is 18.2 Å². The average Bonchev–Trinajstić information content (AvgIpc) is 2.56. The summed E-state index contributed by atoms with van der Waals surface area (Å²) in [5.74, 6) is -0.992. The van der Waals surface area contributed by atoms with Crippen LogP contribution >= 0.6 is 11.6 Å². The van der Waals surface area contributed by atoms with Gasteiger partial charge in [0.25, 0.3) is 0 Å². The Morgan fingerprint density at radius 1 is 1.17 bits per heavy atom. The highest BCUT2D eigenvalue weighted by molar-refractivity contribution is 6.31. The van der Waals surface area contributed by atoms with Crippen LogP contribution in [0.1, 0.15) is 44.6 Å². The highest BCUT2D eigenvalue weighted by Crippen LogP contribution is 2.33. The first-order chi connectivity index (χ1) is 11.0. The molecule has 0 amide bonds. The lowest BCUT2D eigenvalue weighted by Gasteiger charge is -2.28. The van der Waals surface area contributed by atoms with Crippen molar-refractivity contribution in [1.82, 2.24) is 0 Å². The van der Waals surface area contributed by atoms with Crippen LogP contribution in [0.5, 0.6) is 5.75 Å². The van der Waals surface area contributed by atoms with Crippen LogP contribution in [-0.2, 0) is 14.3 Å². The second-order valence-electron chi connectivity index (χ2n) is 6.00. The summed E-state index contributed by atoms with van der Waals surface area (Å²) in [6, 6.07) is 5.10. The molecule has 0 aliphatic heterocycles. The van der Waals surface area contributed by atoms with Crippen molar-refractivity contribution < 1.29 is 19.1 Å². The molecule has 2 unspecified atom stereocenters. The van der Waals surface area contributed by atoms with E-state index >= 15 is 0 Å². The Morgan fingerprint density at radius 3 is 2.43 bits per heavy atom. The van der Waals surface area contributed by atoms with Crippen molar-refractivity contribution in [2.75, 3.05) is 6.61 Å². The van der Waals surface area contributed by atoms with Gasteiger partial charge in [0.15, 0.2) is 0 Å². The molecule has 1 aromatic carbocycles. The molecule has 0 saturated heterocycles. The van der Waals surface area contributed by atoms with Crippen LogP contribution in [0.2, 0.25) is 5.02 Å². The summed E-state index contributed by atoms with van der Waals surface area (Å²) in [6.07, 6.45) is 3.99. The molecular formula is C18H23ClO4. The second kappa shape index (κ2) is 8.34. The number of carbonyl (C=O) groups excluding carboxylic acids is 2. The number of rotatable bonds is 5. The van der Waals surface area contributed by atoms with E-state index in [0.717, 1.165) is 24.8 Å². The third kappa shape index (κ3) is 4.71. The van der Waals surface area contributed by atoms with Gasteiger partial charge in [-0.1, -0.05) is 31.4 Å².